The van der Waals surface area contributed by atoms with Crippen LogP contribution in [0.2, 0.25) is 5.02 Å². The van der Waals surface area contributed by atoms with E-state index in [4.69, 9.17) is 16.3 Å². The van der Waals surface area contributed by atoms with Crippen molar-refractivity contribution in [3.05, 3.63) is 33.6 Å². The first-order valence-corrected chi connectivity index (χ1v) is 7.03. The Bertz CT molecular complexity index is 881. The van der Waals surface area contributed by atoms with Gasteiger partial charge in [-0.25, -0.2) is 14.2 Å². The van der Waals surface area contributed by atoms with Crippen molar-refractivity contribution in [1.29, 1.82) is 0 Å². The van der Waals surface area contributed by atoms with Gasteiger partial charge in [-0.1, -0.05) is 11.6 Å². The average molecular weight is 373 g/mol. The first-order valence-electron chi connectivity index (χ1n) is 5.85. The number of carbonyl (C=O) groups is 1. The van der Waals surface area contributed by atoms with Gasteiger partial charge in [0.05, 0.1) is 15.0 Å². The van der Waals surface area contributed by atoms with Gasteiger partial charge < -0.3 is 15.0 Å². The SMILES string of the molecule is CNC(=O)Oc1cc(F)c(Br)c2c1[nH]c1ncc(Cl)cc12. The Morgan fingerprint density at radius 3 is 3.00 bits per heavy atom. The minimum Gasteiger partial charge on any atom is -0.408 e. The van der Waals surface area contributed by atoms with Crippen molar-refractivity contribution in [3.63, 3.8) is 0 Å². The number of nitrogens with one attached hydrogen (secondary N) is 2. The van der Waals surface area contributed by atoms with Gasteiger partial charge in [-0.05, 0) is 22.0 Å². The molecule has 0 bridgehead atoms. The van der Waals surface area contributed by atoms with Gasteiger partial charge in [-0.2, -0.15) is 0 Å². The molecular weight excluding hydrogens is 365 g/mol. The molecule has 8 heteroatoms. The van der Waals surface area contributed by atoms with E-state index in [0.29, 0.717) is 27.0 Å². The zero-order valence-corrected chi connectivity index (χ0v) is 13.0. The number of hydrogen-bond acceptors (Lipinski definition) is 3. The maximum atomic E-state index is 14.0. The summed E-state index contributed by atoms with van der Waals surface area (Å²) in [6, 6.07) is 2.79. The van der Waals surface area contributed by atoms with Crippen LogP contribution in [-0.4, -0.2) is 23.1 Å². The predicted molar refractivity (Wildman–Crippen MR) is 81.4 cm³/mol. The number of hydrogen-bond donors (Lipinski definition) is 2. The summed E-state index contributed by atoms with van der Waals surface area (Å²) >= 11 is 9.13. The molecule has 0 fully saturated rings. The van der Waals surface area contributed by atoms with E-state index in [1.165, 1.54) is 13.2 Å². The Labute approximate surface area is 131 Å². The minimum atomic E-state index is -0.692. The molecule has 1 aromatic carbocycles. The van der Waals surface area contributed by atoms with Crippen molar-refractivity contribution in [2.75, 3.05) is 7.05 Å². The molecule has 0 radical (unpaired) electrons. The second-order valence-corrected chi connectivity index (χ2v) is 5.46. The smallest absolute Gasteiger partial charge is 0.408 e. The highest BCUT2D eigenvalue weighted by Crippen LogP contribution is 2.38. The van der Waals surface area contributed by atoms with E-state index in [1.807, 2.05) is 0 Å². The van der Waals surface area contributed by atoms with Crippen LogP contribution in [-0.2, 0) is 0 Å². The number of rotatable bonds is 1. The van der Waals surface area contributed by atoms with Crippen molar-refractivity contribution in [2.24, 2.45) is 0 Å². The number of halogens is 3. The van der Waals surface area contributed by atoms with Crippen molar-refractivity contribution in [1.82, 2.24) is 15.3 Å². The molecule has 108 valence electrons. The third-order valence-electron chi connectivity index (χ3n) is 2.96. The predicted octanol–water partition coefficient (Wildman–Crippen LogP) is 3.99. The summed E-state index contributed by atoms with van der Waals surface area (Å²) < 4.78 is 19.4. The topological polar surface area (TPSA) is 67.0 Å². The lowest BCUT2D eigenvalue weighted by molar-refractivity contribution is 0.203. The second kappa shape index (κ2) is 5.16. The van der Waals surface area contributed by atoms with Crippen LogP contribution >= 0.6 is 27.5 Å². The first kappa shape index (κ1) is 14.1. The quantitative estimate of drug-likeness (QED) is 0.679. The number of aromatic nitrogens is 2. The fraction of sp³-hybridized carbons (Fsp3) is 0.0769. The van der Waals surface area contributed by atoms with Crippen LogP contribution in [0.25, 0.3) is 21.9 Å². The van der Waals surface area contributed by atoms with E-state index in [0.717, 1.165) is 6.07 Å². The normalized spacial score (nSPS) is 11.0. The maximum absolute atomic E-state index is 14.0. The Morgan fingerprint density at radius 1 is 1.52 bits per heavy atom. The van der Waals surface area contributed by atoms with Crippen LogP contribution in [0.15, 0.2) is 22.8 Å². The summed E-state index contributed by atoms with van der Waals surface area (Å²) in [6.45, 7) is 0. The molecule has 1 amide bonds. The van der Waals surface area contributed by atoms with E-state index in [1.54, 1.807) is 6.07 Å². The Balaban J connectivity index is 2.38. The molecule has 0 spiro atoms. The molecule has 0 aliphatic rings. The highest BCUT2D eigenvalue weighted by atomic mass is 79.9. The van der Waals surface area contributed by atoms with Gasteiger partial charge in [-0.3, -0.25) is 0 Å². The van der Waals surface area contributed by atoms with Crippen molar-refractivity contribution < 1.29 is 13.9 Å². The van der Waals surface area contributed by atoms with Gasteiger partial charge in [0, 0.05) is 30.1 Å². The molecule has 3 aromatic rings. The molecule has 0 saturated heterocycles. The molecule has 21 heavy (non-hydrogen) atoms. The molecular formula is C13H8BrClFN3O2. The van der Waals surface area contributed by atoms with Crippen molar-refractivity contribution >= 4 is 55.6 Å². The summed E-state index contributed by atoms with van der Waals surface area (Å²) in [5, 5.41) is 3.88. The molecule has 5 nitrogen and oxygen atoms in total. The van der Waals surface area contributed by atoms with E-state index in [-0.39, 0.29) is 10.2 Å². The van der Waals surface area contributed by atoms with Gasteiger partial charge in [-0.15, -0.1) is 0 Å². The number of aromatic amines is 1. The monoisotopic (exact) mass is 371 g/mol. The zero-order valence-electron chi connectivity index (χ0n) is 10.6. The maximum Gasteiger partial charge on any atom is 0.412 e. The van der Waals surface area contributed by atoms with Gasteiger partial charge in [0.1, 0.15) is 11.5 Å². The highest BCUT2D eigenvalue weighted by molar-refractivity contribution is 9.10. The summed E-state index contributed by atoms with van der Waals surface area (Å²) in [4.78, 5) is 18.5. The van der Waals surface area contributed by atoms with Gasteiger partial charge in [0.25, 0.3) is 0 Å². The summed E-state index contributed by atoms with van der Waals surface area (Å²) in [5.41, 5.74) is 0.971. The Kier molecular flexibility index (Phi) is 3.46. The van der Waals surface area contributed by atoms with Crippen LogP contribution < -0.4 is 10.1 Å². The number of benzene rings is 1. The highest BCUT2D eigenvalue weighted by Gasteiger charge is 2.19. The molecule has 3 rings (SSSR count). The number of amides is 1. The largest absolute Gasteiger partial charge is 0.412 e. The Morgan fingerprint density at radius 2 is 2.29 bits per heavy atom. The molecule has 2 aromatic heterocycles. The summed E-state index contributed by atoms with van der Waals surface area (Å²) in [5.74, 6) is -0.485. The number of nitrogens with zero attached hydrogens (tertiary/aromatic N) is 1. The zero-order chi connectivity index (χ0) is 15.1. The number of ether oxygens (including phenoxy) is 1. The van der Waals surface area contributed by atoms with Crippen LogP contribution in [0.3, 0.4) is 0 Å². The molecule has 0 atom stereocenters. The fourth-order valence-corrected chi connectivity index (χ4v) is 2.74. The molecule has 0 aliphatic carbocycles. The lowest BCUT2D eigenvalue weighted by Gasteiger charge is -2.06. The number of H-pyrrole nitrogens is 1. The number of carbonyl (C=O) groups excluding carboxylic acids is 1. The van der Waals surface area contributed by atoms with Crippen LogP contribution in [0.5, 0.6) is 5.75 Å². The van der Waals surface area contributed by atoms with Gasteiger partial charge in [0.2, 0.25) is 0 Å². The lowest BCUT2D eigenvalue weighted by atomic mass is 10.2. The van der Waals surface area contributed by atoms with Crippen LogP contribution in [0.4, 0.5) is 9.18 Å². The van der Waals surface area contributed by atoms with Crippen molar-refractivity contribution in [2.45, 2.75) is 0 Å². The molecule has 2 heterocycles. The van der Waals surface area contributed by atoms with Gasteiger partial charge >= 0.3 is 6.09 Å². The van der Waals surface area contributed by atoms with E-state index >= 15 is 0 Å². The third kappa shape index (κ3) is 2.32. The standard InChI is InChI=1S/C13H8BrClFN3O2/c1-17-13(20)21-8-3-7(16)10(14)9-6-2-5(15)4-18-12(6)19-11(8)9/h2-4H,1H3,(H,17,20)(H,18,19). The first-order chi connectivity index (χ1) is 10.0. The van der Waals surface area contributed by atoms with E-state index in [2.05, 4.69) is 31.2 Å². The second-order valence-electron chi connectivity index (χ2n) is 4.23. The van der Waals surface area contributed by atoms with Gasteiger partial charge in [0.15, 0.2) is 5.75 Å². The summed E-state index contributed by atoms with van der Waals surface area (Å²) in [6.07, 6.45) is 0.783. The van der Waals surface area contributed by atoms with Crippen LogP contribution in [0.1, 0.15) is 0 Å². The lowest BCUT2D eigenvalue weighted by Crippen LogP contribution is -2.22. The fourth-order valence-electron chi connectivity index (χ4n) is 2.06. The molecule has 0 unspecified atom stereocenters. The summed E-state index contributed by atoms with van der Waals surface area (Å²) in [7, 11) is 1.42. The number of pyridine rings is 1. The Hall–Kier alpha value is -1.86. The van der Waals surface area contributed by atoms with E-state index in [9.17, 15) is 9.18 Å². The number of fused-ring (bicyclic) bond motifs is 3. The van der Waals surface area contributed by atoms with Crippen molar-refractivity contribution in [3.8, 4) is 5.75 Å². The molecule has 2 N–H and O–H groups in total. The molecule has 0 saturated carbocycles. The van der Waals surface area contributed by atoms with Crippen LogP contribution in [0, 0.1) is 5.82 Å². The van der Waals surface area contributed by atoms with E-state index < -0.39 is 11.9 Å². The minimum absolute atomic E-state index is 0.0687. The molecule has 0 aliphatic heterocycles. The third-order valence-corrected chi connectivity index (χ3v) is 3.94. The average Bonchev–Trinajstić information content (AvgIpc) is 2.83.